The highest BCUT2D eigenvalue weighted by molar-refractivity contribution is 5.98. The average Bonchev–Trinajstić information content (AvgIpc) is 2.48. The minimum absolute atomic E-state index is 0.113. The van der Waals surface area contributed by atoms with Gasteiger partial charge < -0.3 is 14.7 Å². The van der Waals surface area contributed by atoms with Crippen LogP contribution in [0.2, 0.25) is 0 Å². The number of fused-ring (bicyclic) bond motifs is 1. The molecule has 2 aromatic carbocycles. The number of carbonyl (C=O) groups is 2. The maximum absolute atomic E-state index is 11.7. The van der Waals surface area contributed by atoms with Crippen LogP contribution in [0.3, 0.4) is 0 Å². The summed E-state index contributed by atoms with van der Waals surface area (Å²) in [6.45, 7) is 0.113. The lowest BCUT2D eigenvalue weighted by molar-refractivity contribution is 0.0493. The van der Waals surface area contributed by atoms with Crippen LogP contribution in [0.5, 0.6) is 0 Å². The minimum Gasteiger partial charge on any atom is -0.478 e. The fourth-order valence-corrected chi connectivity index (χ4v) is 2.15. The number of rotatable bonds is 2. The van der Waals surface area contributed by atoms with E-state index in [1.807, 2.05) is 17.0 Å². The van der Waals surface area contributed by atoms with E-state index in [0.29, 0.717) is 5.56 Å². The van der Waals surface area contributed by atoms with E-state index in [2.05, 4.69) is 0 Å². The highest BCUT2D eigenvalue weighted by atomic mass is 16.5. The summed E-state index contributed by atoms with van der Waals surface area (Å²) < 4.78 is 5.12. The van der Waals surface area contributed by atoms with Gasteiger partial charge in [0, 0.05) is 5.69 Å². The molecule has 0 saturated carbocycles. The molecule has 20 heavy (non-hydrogen) atoms. The summed E-state index contributed by atoms with van der Waals surface area (Å²) in [7, 11) is 0. The largest absolute Gasteiger partial charge is 0.478 e. The van der Waals surface area contributed by atoms with Crippen LogP contribution in [-0.4, -0.2) is 23.8 Å². The lowest BCUT2D eigenvalue weighted by Gasteiger charge is -2.30. The molecule has 0 unspecified atom stereocenters. The Balaban J connectivity index is 2.01. The standard InChI is InChI=1S/C15H11NO4/c17-14(18)10-5-7-11(8-6-10)16-9-20-15(19)12-3-1-2-4-13(12)16/h1-8H,9H2,(H,17,18). The zero-order valence-corrected chi connectivity index (χ0v) is 10.4. The first-order chi connectivity index (χ1) is 9.66. The number of hydrogen-bond donors (Lipinski definition) is 1. The molecule has 0 bridgehead atoms. The summed E-state index contributed by atoms with van der Waals surface area (Å²) in [6, 6.07) is 13.6. The lowest BCUT2D eigenvalue weighted by atomic mass is 10.1. The van der Waals surface area contributed by atoms with E-state index in [-0.39, 0.29) is 18.3 Å². The first-order valence-electron chi connectivity index (χ1n) is 6.04. The van der Waals surface area contributed by atoms with E-state index in [0.717, 1.165) is 11.4 Å². The molecule has 0 atom stereocenters. The summed E-state index contributed by atoms with van der Waals surface area (Å²) in [5.41, 5.74) is 2.25. The van der Waals surface area contributed by atoms with E-state index < -0.39 is 5.97 Å². The Morgan fingerprint density at radius 1 is 1.10 bits per heavy atom. The van der Waals surface area contributed by atoms with E-state index in [1.165, 1.54) is 12.1 Å². The summed E-state index contributed by atoms with van der Waals surface area (Å²) in [4.78, 5) is 24.3. The fraction of sp³-hybridized carbons (Fsp3) is 0.0667. The molecule has 1 N–H and O–H groups in total. The molecule has 1 heterocycles. The van der Waals surface area contributed by atoms with Crippen LogP contribution in [0.4, 0.5) is 11.4 Å². The Labute approximate surface area is 115 Å². The van der Waals surface area contributed by atoms with Crippen molar-refractivity contribution >= 4 is 23.3 Å². The third kappa shape index (κ3) is 1.99. The third-order valence-corrected chi connectivity index (χ3v) is 3.17. The lowest BCUT2D eigenvalue weighted by Crippen LogP contribution is -2.30. The fourth-order valence-electron chi connectivity index (χ4n) is 2.15. The molecule has 0 spiro atoms. The number of nitrogens with zero attached hydrogens (tertiary/aromatic N) is 1. The van der Waals surface area contributed by atoms with Crippen molar-refractivity contribution in [2.75, 3.05) is 11.6 Å². The molecule has 3 rings (SSSR count). The second-order valence-electron chi connectivity index (χ2n) is 4.36. The predicted molar refractivity (Wildman–Crippen MR) is 72.3 cm³/mol. The van der Waals surface area contributed by atoms with Crippen LogP contribution in [0.25, 0.3) is 0 Å². The number of anilines is 2. The maximum Gasteiger partial charge on any atom is 0.342 e. The van der Waals surface area contributed by atoms with Gasteiger partial charge in [-0.05, 0) is 36.4 Å². The van der Waals surface area contributed by atoms with Crippen LogP contribution in [0, 0.1) is 0 Å². The molecule has 0 radical (unpaired) electrons. The normalized spacial score (nSPS) is 13.6. The molecule has 100 valence electrons. The van der Waals surface area contributed by atoms with Crippen LogP contribution in [-0.2, 0) is 4.74 Å². The number of benzene rings is 2. The number of esters is 1. The maximum atomic E-state index is 11.7. The minimum atomic E-state index is -0.970. The van der Waals surface area contributed by atoms with E-state index in [1.54, 1.807) is 24.3 Å². The zero-order valence-electron chi connectivity index (χ0n) is 10.4. The molecule has 0 fully saturated rings. The van der Waals surface area contributed by atoms with Gasteiger partial charge in [-0.25, -0.2) is 9.59 Å². The van der Waals surface area contributed by atoms with Crippen molar-refractivity contribution < 1.29 is 19.4 Å². The van der Waals surface area contributed by atoms with Crippen molar-refractivity contribution in [2.24, 2.45) is 0 Å². The number of cyclic esters (lactones) is 1. The van der Waals surface area contributed by atoms with Gasteiger partial charge in [0.2, 0.25) is 0 Å². The predicted octanol–water partition coefficient (Wildman–Crippen LogP) is 2.65. The smallest absolute Gasteiger partial charge is 0.342 e. The van der Waals surface area contributed by atoms with E-state index in [4.69, 9.17) is 9.84 Å². The van der Waals surface area contributed by atoms with Crippen LogP contribution in [0.15, 0.2) is 48.5 Å². The van der Waals surface area contributed by atoms with E-state index >= 15 is 0 Å². The monoisotopic (exact) mass is 269 g/mol. The molecule has 5 heteroatoms. The Bertz CT molecular complexity index is 679. The van der Waals surface area contributed by atoms with Crippen molar-refractivity contribution in [1.82, 2.24) is 0 Å². The zero-order chi connectivity index (χ0) is 14.1. The van der Waals surface area contributed by atoms with Crippen LogP contribution < -0.4 is 4.90 Å². The van der Waals surface area contributed by atoms with Crippen molar-refractivity contribution in [3.05, 3.63) is 59.7 Å². The summed E-state index contributed by atoms with van der Waals surface area (Å²) in [5.74, 6) is -1.32. The molecule has 0 aromatic heterocycles. The van der Waals surface area contributed by atoms with Gasteiger partial charge in [0.05, 0.1) is 16.8 Å². The summed E-state index contributed by atoms with van der Waals surface area (Å²) in [6.07, 6.45) is 0. The Hall–Kier alpha value is -2.82. The molecular weight excluding hydrogens is 258 g/mol. The first-order valence-corrected chi connectivity index (χ1v) is 6.04. The van der Waals surface area contributed by atoms with Gasteiger partial charge in [-0.2, -0.15) is 0 Å². The van der Waals surface area contributed by atoms with Gasteiger partial charge in [-0.1, -0.05) is 12.1 Å². The second kappa shape index (κ2) is 4.70. The molecule has 5 nitrogen and oxygen atoms in total. The Kier molecular flexibility index (Phi) is 2.87. The van der Waals surface area contributed by atoms with Gasteiger partial charge in [-0.3, -0.25) is 0 Å². The number of aromatic carboxylic acids is 1. The average molecular weight is 269 g/mol. The van der Waals surface area contributed by atoms with Gasteiger partial charge in [-0.15, -0.1) is 0 Å². The van der Waals surface area contributed by atoms with Crippen molar-refractivity contribution in [3.63, 3.8) is 0 Å². The summed E-state index contributed by atoms with van der Waals surface area (Å²) >= 11 is 0. The van der Waals surface area contributed by atoms with Crippen molar-refractivity contribution in [2.45, 2.75) is 0 Å². The molecule has 1 aliphatic rings. The molecule has 0 saturated heterocycles. The Morgan fingerprint density at radius 2 is 1.80 bits per heavy atom. The molecule has 2 aromatic rings. The number of ether oxygens (including phenoxy) is 1. The van der Waals surface area contributed by atoms with Crippen LogP contribution >= 0.6 is 0 Å². The summed E-state index contributed by atoms with van der Waals surface area (Å²) in [5, 5.41) is 8.90. The highest BCUT2D eigenvalue weighted by Crippen LogP contribution is 2.32. The van der Waals surface area contributed by atoms with Gasteiger partial charge in [0.25, 0.3) is 0 Å². The van der Waals surface area contributed by atoms with Crippen molar-refractivity contribution in [3.8, 4) is 0 Å². The van der Waals surface area contributed by atoms with Gasteiger partial charge >= 0.3 is 11.9 Å². The second-order valence-corrected chi connectivity index (χ2v) is 4.36. The number of carboxylic acid groups (broad SMARTS) is 1. The number of para-hydroxylation sites is 1. The van der Waals surface area contributed by atoms with Gasteiger partial charge in [0.1, 0.15) is 0 Å². The topological polar surface area (TPSA) is 66.8 Å². The van der Waals surface area contributed by atoms with Crippen molar-refractivity contribution in [1.29, 1.82) is 0 Å². The SMILES string of the molecule is O=C(O)c1ccc(N2COC(=O)c3ccccc32)cc1. The number of hydrogen-bond acceptors (Lipinski definition) is 4. The number of carboxylic acids is 1. The number of carbonyl (C=O) groups excluding carboxylic acids is 1. The highest BCUT2D eigenvalue weighted by Gasteiger charge is 2.24. The molecular formula is C15H11NO4. The Morgan fingerprint density at radius 3 is 2.50 bits per heavy atom. The molecule has 0 aliphatic carbocycles. The van der Waals surface area contributed by atoms with Gasteiger partial charge in [0.15, 0.2) is 6.73 Å². The molecule has 1 aliphatic heterocycles. The molecule has 0 amide bonds. The quantitative estimate of drug-likeness (QED) is 0.849. The third-order valence-electron chi connectivity index (χ3n) is 3.17. The van der Waals surface area contributed by atoms with Crippen LogP contribution in [0.1, 0.15) is 20.7 Å². The first kappa shape index (κ1) is 12.2. The van der Waals surface area contributed by atoms with E-state index in [9.17, 15) is 9.59 Å².